The fraction of sp³-hybridized carbons (Fsp3) is 0.263. The number of carbonyl (C=O) groups is 2. The van der Waals surface area contributed by atoms with E-state index < -0.39 is 0 Å². The van der Waals surface area contributed by atoms with E-state index in [0.29, 0.717) is 42.9 Å². The van der Waals surface area contributed by atoms with Crippen LogP contribution in [0.5, 0.6) is 0 Å². The normalized spacial score (nSPS) is 14.4. The molecule has 0 aliphatic carbocycles. The first kappa shape index (κ1) is 19.7. The number of hydrogen-bond donors (Lipinski definition) is 2. The second kappa shape index (κ2) is 8.67. The van der Waals surface area contributed by atoms with Crippen LogP contribution in [0, 0.1) is 11.7 Å². The number of nitrogens with zero attached hydrogens (tertiary/aromatic N) is 1. The molecule has 2 amide bonds. The van der Waals surface area contributed by atoms with Crippen LogP contribution in [0.4, 0.5) is 15.8 Å². The minimum Gasteiger partial charge on any atom is -0.398 e. The number of benzene rings is 2. The summed E-state index contributed by atoms with van der Waals surface area (Å²) >= 11 is 0. The highest BCUT2D eigenvalue weighted by molar-refractivity contribution is 5.99. The van der Waals surface area contributed by atoms with E-state index in [1.807, 2.05) is 0 Å². The van der Waals surface area contributed by atoms with Crippen molar-refractivity contribution in [2.24, 2.45) is 5.92 Å². The number of nitrogen functional groups attached to an aromatic ring is 1. The Hall–Kier alpha value is -2.60. The van der Waals surface area contributed by atoms with Crippen LogP contribution in [-0.2, 0) is 4.79 Å². The number of piperidine rings is 1. The van der Waals surface area contributed by atoms with Crippen LogP contribution in [0.15, 0.2) is 48.5 Å². The van der Waals surface area contributed by atoms with Crippen molar-refractivity contribution >= 4 is 35.6 Å². The molecule has 0 saturated carbocycles. The third-order valence-electron chi connectivity index (χ3n) is 4.46. The number of amides is 2. The molecule has 1 aliphatic heterocycles. The Morgan fingerprint density at radius 2 is 1.65 bits per heavy atom. The third kappa shape index (κ3) is 4.52. The van der Waals surface area contributed by atoms with Gasteiger partial charge in [0.1, 0.15) is 5.82 Å². The van der Waals surface area contributed by atoms with Gasteiger partial charge in [-0.1, -0.05) is 12.1 Å². The van der Waals surface area contributed by atoms with Crippen LogP contribution >= 0.6 is 12.4 Å². The number of hydrogen-bond acceptors (Lipinski definition) is 3. The smallest absolute Gasteiger partial charge is 0.255 e. The Morgan fingerprint density at radius 3 is 2.27 bits per heavy atom. The summed E-state index contributed by atoms with van der Waals surface area (Å²) in [5, 5.41) is 2.79. The van der Waals surface area contributed by atoms with Gasteiger partial charge in [-0.05, 0) is 49.2 Å². The molecule has 1 fully saturated rings. The molecule has 5 nitrogen and oxygen atoms in total. The predicted molar refractivity (Wildman–Crippen MR) is 102 cm³/mol. The number of carbonyl (C=O) groups excluding carboxylic acids is 2. The number of likely N-dealkylation sites (tertiary alicyclic amines) is 1. The van der Waals surface area contributed by atoms with Gasteiger partial charge in [0.05, 0.1) is 5.56 Å². The summed E-state index contributed by atoms with van der Waals surface area (Å²) in [7, 11) is 0. The quantitative estimate of drug-likeness (QED) is 0.806. The van der Waals surface area contributed by atoms with Crippen LogP contribution in [0.2, 0.25) is 0 Å². The molecular formula is C19H21ClFN3O2. The van der Waals surface area contributed by atoms with Gasteiger partial charge in [-0.3, -0.25) is 9.59 Å². The largest absolute Gasteiger partial charge is 0.398 e. The fourth-order valence-electron chi connectivity index (χ4n) is 2.98. The lowest BCUT2D eigenvalue weighted by Crippen LogP contribution is -2.41. The first-order valence-corrected chi connectivity index (χ1v) is 8.25. The molecule has 1 heterocycles. The molecule has 26 heavy (non-hydrogen) atoms. The highest BCUT2D eigenvalue weighted by Gasteiger charge is 2.28. The Morgan fingerprint density at radius 1 is 1.04 bits per heavy atom. The third-order valence-corrected chi connectivity index (χ3v) is 4.46. The minimum atomic E-state index is -0.343. The standard InChI is InChI=1S/C19H20FN3O2.ClH/c20-14-5-7-15(8-6-14)22-18(24)13-9-11-23(12-10-13)19(25)16-3-1-2-4-17(16)21;/h1-8,13H,9-12,21H2,(H,22,24);1H. The fourth-order valence-corrected chi connectivity index (χ4v) is 2.98. The van der Waals surface area contributed by atoms with Crippen molar-refractivity contribution < 1.29 is 14.0 Å². The van der Waals surface area contributed by atoms with Gasteiger partial charge in [0, 0.05) is 30.4 Å². The summed E-state index contributed by atoms with van der Waals surface area (Å²) in [5.41, 5.74) is 7.39. The summed E-state index contributed by atoms with van der Waals surface area (Å²) in [6, 6.07) is 12.7. The van der Waals surface area contributed by atoms with Crippen molar-refractivity contribution in [3.05, 3.63) is 59.9 Å². The lowest BCUT2D eigenvalue weighted by atomic mass is 9.95. The van der Waals surface area contributed by atoms with E-state index in [-0.39, 0.29) is 36.0 Å². The van der Waals surface area contributed by atoms with Crippen molar-refractivity contribution in [2.45, 2.75) is 12.8 Å². The molecule has 0 radical (unpaired) electrons. The molecule has 3 N–H and O–H groups in total. The SMILES string of the molecule is Cl.Nc1ccccc1C(=O)N1CCC(C(=O)Nc2ccc(F)cc2)CC1. The maximum Gasteiger partial charge on any atom is 0.255 e. The zero-order valence-electron chi connectivity index (χ0n) is 14.2. The van der Waals surface area contributed by atoms with Gasteiger partial charge < -0.3 is 16.0 Å². The molecule has 0 spiro atoms. The van der Waals surface area contributed by atoms with Crippen molar-refractivity contribution in [1.29, 1.82) is 0 Å². The topological polar surface area (TPSA) is 75.4 Å². The van der Waals surface area contributed by atoms with E-state index in [4.69, 9.17) is 5.73 Å². The lowest BCUT2D eigenvalue weighted by molar-refractivity contribution is -0.121. The summed E-state index contributed by atoms with van der Waals surface area (Å²) in [4.78, 5) is 26.6. The predicted octanol–water partition coefficient (Wildman–Crippen LogP) is 3.32. The maximum atomic E-state index is 12.9. The minimum absolute atomic E-state index is 0. The van der Waals surface area contributed by atoms with Crippen LogP contribution < -0.4 is 11.1 Å². The first-order chi connectivity index (χ1) is 12.0. The molecule has 0 aromatic heterocycles. The van der Waals surface area contributed by atoms with Crippen molar-refractivity contribution in [3.8, 4) is 0 Å². The molecule has 3 rings (SSSR count). The van der Waals surface area contributed by atoms with Crippen LogP contribution in [-0.4, -0.2) is 29.8 Å². The van der Waals surface area contributed by atoms with Crippen molar-refractivity contribution in [2.75, 3.05) is 24.1 Å². The lowest BCUT2D eigenvalue weighted by Gasteiger charge is -2.31. The van der Waals surface area contributed by atoms with Crippen molar-refractivity contribution in [3.63, 3.8) is 0 Å². The zero-order valence-corrected chi connectivity index (χ0v) is 15.0. The number of para-hydroxylation sites is 1. The van der Waals surface area contributed by atoms with E-state index in [0.717, 1.165) is 0 Å². The Kier molecular flexibility index (Phi) is 6.58. The average Bonchev–Trinajstić information content (AvgIpc) is 2.63. The summed E-state index contributed by atoms with van der Waals surface area (Å²) in [5.74, 6) is -0.708. The maximum absolute atomic E-state index is 12.9. The van der Waals surface area contributed by atoms with E-state index in [2.05, 4.69) is 5.32 Å². The molecule has 0 bridgehead atoms. The van der Waals surface area contributed by atoms with Crippen LogP contribution in [0.3, 0.4) is 0 Å². The zero-order chi connectivity index (χ0) is 17.8. The van der Waals surface area contributed by atoms with Crippen LogP contribution in [0.1, 0.15) is 23.2 Å². The van der Waals surface area contributed by atoms with Crippen LogP contribution in [0.25, 0.3) is 0 Å². The Labute approximate surface area is 157 Å². The number of rotatable bonds is 3. The van der Waals surface area contributed by atoms with E-state index in [1.54, 1.807) is 29.2 Å². The van der Waals surface area contributed by atoms with Gasteiger partial charge in [0.2, 0.25) is 5.91 Å². The molecule has 2 aromatic rings. The van der Waals surface area contributed by atoms with Gasteiger partial charge in [0.25, 0.3) is 5.91 Å². The molecule has 1 aliphatic rings. The summed E-state index contributed by atoms with van der Waals surface area (Å²) < 4.78 is 12.9. The highest BCUT2D eigenvalue weighted by Crippen LogP contribution is 2.22. The number of anilines is 2. The van der Waals surface area contributed by atoms with Gasteiger partial charge >= 0.3 is 0 Å². The van der Waals surface area contributed by atoms with E-state index in [9.17, 15) is 14.0 Å². The number of halogens is 2. The Balaban J connectivity index is 0.00000243. The molecule has 7 heteroatoms. The molecule has 0 unspecified atom stereocenters. The molecule has 0 atom stereocenters. The second-order valence-electron chi connectivity index (χ2n) is 6.15. The van der Waals surface area contributed by atoms with E-state index in [1.165, 1.54) is 24.3 Å². The molecule has 138 valence electrons. The summed E-state index contributed by atoms with van der Waals surface area (Å²) in [6.07, 6.45) is 1.18. The summed E-state index contributed by atoms with van der Waals surface area (Å²) in [6.45, 7) is 1.02. The first-order valence-electron chi connectivity index (χ1n) is 8.25. The van der Waals surface area contributed by atoms with Crippen molar-refractivity contribution in [1.82, 2.24) is 4.90 Å². The van der Waals surface area contributed by atoms with Gasteiger partial charge in [-0.2, -0.15) is 0 Å². The molecule has 1 saturated heterocycles. The molecule has 2 aromatic carbocycles. The average molecular weight is 378 g/mol. The van der Waals surface area contributed by atoms with Gasteiger partial charge in [-0.15, -0.1) is 12.4 Å². The second-order valence-corrected chi connectivity index (χ2v) is 6.15. The van der Waals surface area contributed by atoms with E-state index >= 15 is 0 Å². The van der Waals surface area contributed by atoms with Gasteiger partial charge in [0.15, 0.2) is 0 Å². The number of nitrogens with two attached hydrogens (primary N) is 1. The number of nitrogens with one attached hydrogen (secondary N) is 1. The van der Waals surface area contributed by atoms with Gasteiger partial charge in [-0.25, -0.2) is 4.39 Å². The highest BCUT2D eigenvalue weighted by atomic mass is 35.5. The Bertz CT molecular complexity index is 775. The molecular weight excluding hydrogens is 357 g/mol. The monoisotopic (exact) mass is 377 g/mol.